The van der Waals surface area contributed by atoms with Gasteiger partial charge in [0.05, 0.1) is 12.7 Å². The van der Waals surface area contributed by atoms with Gasteiger partial charge < -0.3 is 10.2 Å². The number of aromatic nitrogens is 2. The molecule has 0 bridgehead atoms. The SMILES string of the molecule is O=C(CCc1cn[nH]c1)NCC(=O)N1CCCC1. The van der Waals surface area contributed by atoms with E-state index in [0.717, 1.165) is 31.5 Å². The number of hydrogen-bond acceptors (Lipinski definition) is 3. The van der Waals surface area contributed by atoms with Crippen LogP contribution >= 0.6 is 0 Å². The Hall–Kier alpha value is -1.85. The maximum Gasteiger partial charge on any atom is 0.241 e. The third kappa shape index (κ3) is 3.58. The highest BCUT2D eigenvalue weighted by atomic mass is 16.2. The summed E-state index contributed by atoms with van der Waals surface area (Å²) in [6.45, 7) is 1.76. The summed E-state index contributed by atoms with van der Waals surface area (Å²) in [4.78, 5) is 25.0. The first-order valence-corrected chi connectivity index (χ1v) is 6.28. The number of carbonyl (C=O) groups is 2. The van der Waals surface area contributed by atoms with Crippen LogP contribution in [0.25, 0.3) is 0 Å². The van der Waals surface area contributed by atoms with E-state index in [4.69, 9.17) is 0 Å². The molecule has 98 valence electrons. The minimum absolute atomic E-state index is 0.0177. The summed E-state index contributed by atoms with van der Waals surface area (Å²) < 4.78 is 0. The van der Waals surface area contributed by atoms with E-state index in [0.29, 0.717) is 12.8 Å². The predicted molar refractivity (Wildman–Crippen MR) is 65.7 cm³/mol. The molecule has 1 aliphatic rings. The Bertz CT molecular complexity index is 396. The van der Waals surface area contributed by atoms with Crippen molar-refractivity contribution in [3.05, 3.63) is 18.0 Å². The van der Waals surface area contributed by atoms with Crippen molar-refractivity contribution >= 4 is 11.8 Å². The van der Waals surface area contributed by atoms with Gasteiger partial charge in [0.15, 0.2) is 0 Å². The number of rotatable bonds is 5. The quantitative estimate of drug-likeness (QED) is 0.777. The maximum absolute atomic E-state index is 11.7. The third-order valence-corrected chi connectivity index (χ3v) is 3.09. The molecule has 2 heterocycles. The molecule has 18 heavy (non-hydrogen) atoms. The second-order valence-electron chi connectivity index (χ2n) is 4.47. The van der Waals surface area contributed by atoms with E-state index in [1.54, 1.807) is 17.3 Å². The van der Waals surface area contributed by atoms with Crippen molar-refractivity contribution in [1.82, 2.24) is 20.4 Å². The predicted octanol–water partition coefficient (Wildman–Crippen LogP) is 0.0809. The zero-order valence-corrected chi connectivity index (χ0v) is 10.3. The zero-order valence-electron chi connectivity index (χ0n) is 10.3. The topological polar surface area (TPSA) is 78.1 Å². The molecule has 2 rings (SSSR count). The van der Waals surface area contributed by atoms with Gasteiger partial charge in [-0.15, -0.1) is 0 Å². The number of nitrogens with one attached hydrogen (secondary N) is 2. The second-order valence-corrected chi connectivity index (χ2v) is 4.47. The molecule has 1 aliphatic heterocycles. The molecular weight excluding hydrogens is 232 g/mol. The monoisotopic (exact) mass is 250 g/mol. The summed E-state index contributed by atoms with van der Waals surface area (Å²) in [5, 5.41) is 9.17. The maximum atomic E-state index is 11.7. The number of carbonyl (C=O) groups excluding carboxylic acids is 2. The van der Waals surface area contributed by atoms with Gasteiger partial charge in [-0.3, -0.25) is 14.7 Å². The molecule has 0 unspecified atom stereocenters. The van der Waals surface area contributed by atoms with Crippen molar-refractivity contribution < 1.29 is 9.59 Å². The van der Waals surface area contributed by atoms with E-state index in [-0.39, 0.29) is 18.4 Å². The van der Waals surface area contributed by atoms with Crippen molar-refractivity contribution in [1.29, 1.82) is 0 Å². The first kappa shape index (κ1) is 12.6. The number of nitrogens with zero attached hydrogens (tertiary/aromatic N) is 2. The van der Waals surface area contributed by atoms with E-state index in [1.807, 2.05) is 0 Å². The summed E-state index contributed by atoms with van der Waals surface area (Å²) >= 11 is 0. The van der Waals surface area contributed by atoms with E-state index in [2.05, 4.69) is 15.5 Å². The Morgan fingerprint density at radius 1 is 1.39 bits per heavy atom. The van der Waals surface area contributed by atoms with Crippen LogP contribution in [0.2, 0.25) is 0 Å². The summed E-state index contributed by atoms with van der Waals surface area (Å²) in [6.07, 6.45) is 6.62. The van der Waals surface area contributed by atoms with Gasteiger partial charge in [0.2, 0.25) is 11.8 Å². The van der Waals surface area contributed by atoms with Gasteiger partial charge in [-0.05, 0) is 24.8 Å². The summed E-state index contributed by atoms with van der Waals surface area (Å²) in [5.41, 5.74) is 0.996. The van der Waals surface area contributed by atoms with E-state index in [1.165, 1.54) is 0 Å². The number of aromatic amines is 1. The molecule has 6 heteroatoms. The van der Waals surface area contributed by atoms with Crippen molar-refractivity contribution in [3.63, 3.8) is 0 Å². The molecular formula is C12H18N4O2. The van der Waals surface area contributed by atoms with Crippen LogP contribution in [0.1, 0.15) is 24.8 Å². The molecule has 0 spiro atoms. The first-order valence-electron chi connectivity index (χ1n) is 6.28. The van der Waals surface area contributed by atoms with Crippen LogP contribution in [-0.2, 0) is 16.0 Å². The first-order chi connectivity index (χ1) is 8.75. The van der Waals surface area contributed by atoms with Crippen LogP contribution in [0.5, 0.6) is 0 Å². The second kappa shape index (κ2) is 6.18. The van der Waals surface area contributed by atoms with Crippen molar-refractivity contribution in [2.24, 2.45) is 0 Å². The van der Waals surface area contributed by atoms with Crippen LogP contribution in [0.15, 0.2) is 12.4 Å². The third-order valence-electron chi connectivity index (χ3n) is 3.09. The van der Waals surface area contributed by atoms with Crippen molar-refractivity contribution in [3.8, 4) is 0 Å². The number of H-pyrrole nitrogens is 1. The lowest BCUT2D eigenvalue weighted by molar-refractivity contribution is -0.132. The van der Waals surface area contributed by atoms with Crippen LogP contribution in [0, 0.1) is 0 Å². The highest BCUT2D eigenvalue weighted by molar-refractivity contribution is 5.84. The fourth-order valence-electron chi connectivity index (χ4n) is 2.01. The van der Waals surface area contributed by atoms with Gasteiger partial charge in [-0.25, -0.2) is 0 Å². The number of likely N-dealkylation sites (tertiary alicyclic amines) is 1. The smallest absolute Gasteiger partial charge is 0.241 e. The molecule has 0 radical (unpaired) electrons. The van der Waals surface area contributed by atoms with E-state index in [9.17, 15) is 9.59 Å². The van der Waals surface area contributed by atoms with Crippen LogP contribution < -0.4 is 5.32 Å². The van der Waals surface area contributed by atoms with Crippen LogP contribution in [0.4, 0.5) is 0 Å². The van der Waals surface area contributed by atoms with Crippen molar-refractivity contribution in [2.45, 2.75) is 25.7 Å². The van der Waals surface area contributed by atoms with Gasteiger partial charge in [-0.1, -0.05) is 0 Å². The minimum atomic E-state index is -0.0938. The summed E-state index contributed by atoms with van der Waals surface area (Å²) in [6, 6.07) is 0. The van der Waals surface area contributed by atoms with Crippen LogP contribution in [0.3, 0.4) is 0 Å². The Morgan fingerprint density at radius 2 is 2.17 bits per heavy atom. The van der Waals surface area contributed by atoms with E-state index >= 15 is 0 Å². The largest absolute Gasteiger partial charge is 0.347 e. The van der Waals surface area contributed by atoms with Gasteiger partial charge in [0.25, 0.3) is 0 Å². The van der Waals surface area contributed by atoms with Gasteiger partial charge in [-0.2, -0.15) is 5.10 Å². The molecule has 6 nitrogen and oxygen atoms in total. The highest BCUT2D eigenvalue weighted by Crippen LogP contribution is 2.06. The Morgan fingerprint density at radius 3 is 2.83 bits per heavy atom. The minimum Gasteiger partial charge on any atom is -0.347 e. The molecule has 1 fully saturated rings. The number of amides is 2. The average molecular weight is 250 g/mol. The lowest BCUT2D eigenvalue weighted by atomic mass is 10.2. The Kier molecular flexibility index (Phi) is 4.33. The lowest BCUT2D eigenvalue weighted by Gasteiger charge is -2.15. The molecule has 1 aromatic rings. The fourth-order valence-corrected chi connectivity index (χ4v) is 2.01. The number of aryl methyl sites for hydroxylation is 1. The normalized spacial score (nSPS) is 14.8. The molecule has 0 aliphatic carbocycles. The zero-order chi connectivity index (χ0) is 12.8. The standard InChI is InChI=1S/C12H18N4O2/c17-11(4-3-10-7-14-15-8-10)13-9-12(18)16-5-1-2-6-16/h7-8H,1-6,9H2,(H,13,17)(H,14,15). The number of hydrogen-bond donors (Lipinski definition) is 2. The molecule has 2 amide bonds. The van der Waals surface area contributed by atoms with Gasteiger partial charge in [0, 0.05) is 25.7 Å². The summed E-state index contributed by atoms with van der Waals surface area (Å²) in [5.74, 6) is -0.0760. The van der Waals surface area contributed by atoms with Gasteiger partial charge >= 0.3 is 0 Å². The molecule has 0 atom stereocenters. The molecule has 0 saturated carbocycles. The fraction of sp³-hybridized carbons (Fsp3) is 0.583. The Labute approximate surface area is 106 Å². The molecule has 0 aromatic carbocycles. The van der Waals surface area contributed by atoms with Gasteiger partial charge in [0.1, 0.15) is 0 Å². The lowest BCUT2D eigenvalue weighted by Crippen LogP contribution is -2.38. The molecule has 1 aromatic heterocycles. The molecule has 1 saturated heterocycles. The molecule has 2 N–H and O–H groups in total. The average Bonchev–Trinajstić information content (AvgIpc) is 3.05. The van der Waals surface area contributed by atoms with E-state index < -0.39 is 0 Å². The highest BCUT2D eigenvalue weighted by Gasteiger charge is 2.17. The van der Waals surface area contributed by atoms with Crippen LogP contribution in [-0.4, -0.2) is 46.5 Å². The summed E-state index contributed by atoms with van der Waals surface area (Å²) in [7, 11) is 0. The Balaban J connectivity index is 1.63. The van der Waals surface area contributed by atoms with Crippen molar-refractivity contribution in [2.75, 3.05) is 19.6 Å².